The Labute approximate surface area is 136 Å². The molecule has 126 valence electrons. The summed E-state index contributed by atoms with van der Waals surface area (Å²) in [5.74, 6) is 6.73. The van der Waals surface area contributed by atoms with Gasteiger partial charge in [0.2, 0.25) is 5.82 Å². The largest absolute Gasteiger partial charge is 0.744 e. The molecule has 1 heterocycles. The summed E-state index contributed by atoms with van der Waals surface area (Å²) in [4.78, 5) is 4.01. The predicted octanol–water partition coefficient (Wildman–Crippen LogP) is 0.798. The van der Waals surface area contributed by atoms with Gasteiger partial charge in [0, 0.05) is 6.92 Å². The van der Waals surface area contributed by atoms with Gasteiger partial charge in [-0.2, -0.15) is 0 Å². The highest BCUT2D eigenvalue weighted by molar-refractivity contribution is 7.85. The number of aromatic nitrogens is 2. The number of hydrogen-bond donors (Lipinski definition) is 2. The standard InChI is InChI=1S/C9H12O3S.C6H10N4/c1-6-4-7(2)9(8(3)5-6)13(10,11)12;1-4-3-6(7)10(8)5(2)9-4/h4-5H,1-3H3,(H,10,11,12);3,7H,8H2,1-2H3. The zero-order valence-electron chi connectivity index (χ0n) is 13.9. The summed E-state index contributed by atoms with van der Waals surface area (Å²) in [6.45, 7) is 8.81. The smallest absolute Gasteiger partial charge is 0.256 e. The molecule has 0 atom stereocenters. The second-order valence-corrected chi connectivity index (χ2v) is 6.74. The monoisotopic (exact) mass is 338 g/mol. The van der Waals surface area contributed by atoms with Gasteiger partial charge in [0.25, 0.3) is 5.82 Å². The second kappa shape index (κ2) is 6.93. The topological polar surface area (TPSA) is 126 Å². The van der Waals surface area contributed by atoms with Crippen LogP contribution in [0.25, 0.3) is 0 Å². The van der Waals surface area contributed by atoms with Crippen molar-refractivity contribution in [3.05, 3.63) is 46.4 Å². The van der Waals surface area contributed by atoms with E-state index in [-0.39, 0.29) is 4.90 Å². The van der Waals surface area contributed by atoms with Crippen LogP contribution in [0.4, 0.5) is 5.82 Å². The fourth-order valence-electron chi connectivity index (χ4n) is 2.37. The van der Waals surface area contributed by atoms with Gasteiger partial charge in [-0.25, -0.2) is 8.42 Å². The maximum absolute atomic E-state index is 10.8. The predicted molar refractivity (Wildman–Crippen MR) is 87.1 cm³/mol. The van der Waals surface area contributed by atoms with E-state index in [4.69, 9.17) is 11.6 Å². The molecule has 0 saturated carbocycles. The molecule has 0 spiro atoms. The summed E-state index contributed by atoms with van der Waals surface area (Å²) < 4.78 is 33.8. The van der Waals surface area contributed by atoms with Crippen molar-refractivity contribution in [2.24, 2.45) is 0 Å². The summed E-state index contributed by atoms with van der Waals surface area (Å²) in [6.07, 6.45) is 0. The van der Waals surface area contributed by atoms with Gasteiger partial charge in [-0.1, -0.05) is 17.7 Å². The number of nitrogens with two attached hydrogens (primary N) is 2. The van der Waals surface area contributed by atoms with Crippen molar-refractivity contribution in [1.82, 2.24) is 4.98 Å². The molecule has 0 unspecified atom stereocenters. The first kappa shape index (κ1) is 18.9. The van der Waals surface area contributed by atoms with Gasteiger partial charge in [-0.15, -0.1) is 9.66 Å². The normalized spacial score (nSPS) is 10.9. The molecule has 0 aliphatic carbocycles. The molecule has 0 fully saturated rings. The molecule has 0 aliphatic heterocycles. The molecule has 0 radical (unpaired) electrons. The van der Waals surface area contributed by atoms with Gasteiger partial charge in [-0.05, 0) is 38.8 Å². The Hall–Kier alpha value is -2.19. The Morgan fingerprint density at radius 1 is 1.04 bits per heavy atom. The van der Waals surface area contributed by atoms with E-state index in [9.17, 15) is 13.0 Å². The van der Waals surface area contributed by atoms with Crippen molar-refractivity contribution >= 4 is 15.9 Å². The van der Waals surface area contributed by atoms with E-state index < -0.39 is 10.1 Å². The van der Waals surface area contributed by atoms with E-state index in [1.54, 1.807) is 32.0 Å². The van der Waals surface area contributed by atoms with Crippen molar-refractivity contribution in [2.45, 2.75) is 39.5 Å². The Bertz CT molecular complexity index is 787. The molecule has 0 aliphatic rings. The molecule has 2 rings (SSSR count). The minimum absolute atomic E-state index is 0.0851. The Balaban J connectivity index is 0.000000238. The summed E-state index contributed by atoms with van der Waals surface area (Å²) in [5, 5.41) is 0. The first-order valence-electron chi connectivity index (χ1n) is 6.88. The lowest BCUT2D eigenvalue weighted by Gasteiger charge is -2.14. The van der Waals surface area contributed by atoms with Gasteiger partial charge >= 0.3 is 0 Å². The number of benzene rings is 1. The van der Waals surface area contributed by atoms with Gasteiger partial charge in [0.1, 0.15) is 15.8 Å². The maximum atomic E-state index is 10.8. The van der Waals surface area contributed by atoms with E-state index in [0.29, 0.717) is 16.9 Å². The minimum atomic E-state index is -4.33. The van der Waals surface area contributed by atoms with Crippen LogP contribution in [0.5, 0.6) is 0 Å². The van der Waals surface area contributed by atoms with Crippen LogP contribution >= 0.6 is 0 Å². The van der Waals surface area contributed by atoms with E-state index in [1.165, 1.54) is 4.68 Å². The van der Waals surface area contributed by atoms with Crippen LogP contribution < -0.4 is 16.3 Å². The van der Waals surface area contributed by atoms with Crippen LogP contribution in [0.15, 0.2) is 23.1 Å². The number of anilines is 1. The lowest BCUT2D eigenvalue weighted by Crippen LogP contribution is -2.50. The molecule has 0 bridgehead atoms. The lowest BCUT2D eigenvalue weighted by molar-refractivity contribution is -0.634. The molecule has 1 aromatic heterocycles. The Morgan fingerprint density at radius 2 is 1.52 bits per heavy atom. The summed E-state index contributed by atoms with van der Waals surface area (Å²) in [6, 6.07) is 5.11. The van der Waals surface area contributed by atoms with E-state index in [1.807, 2.05) is 20.8 Å². The highest BCUT2D eigenvalue weighted by atomic mass is 32.2. The van der Waals surface area contributed by atoms with Crippen molar-refractivity contribution in [3.63, 3.8) is 0 Å². The van der Waals surface area contributed by atoms with Gasteiger partial charge in [-0.3, -0.25) is 5.84 Å². The van der Waals surface area contributed by atoms with Crippen LogP contribution in [0.3, 0.4) is 0 Å². The molecule has 7 nitrogen and oxygen atoms in total. The molecular weight excluding hydrogens is 316 g/mol. The van der Waals surface area contributed by atoms with Gasteiger partial charge in [0.05, 0.1) is 11.0 Å². The zero-order chi connectivity index (χ0) is 17.9. The van der Waals surface area contributed by atoms with Crippen molar-refractivity contribution < 1.29 is 17.6 Å². The lowest BCUT2D eigenvalue weighted by atomic mass is 10.1. The van der Waals surface area contributed by atoms with Crippen LogP contribution in [0, 0.1) is 34.6 Å². The highest BCUT2D eigenvalue weighted by Gasteiger charge is 2.09. The van der Waals surface area contributed by atoms with Gasteiger partial charge in [0.15, 0.2) is 0 Å². The minimum Gasteiger partial charge on any atom is -0.744 e. The highest BCUT2D eigenvalue weighted by Crippen LogP contribution is 2.20. The van der Waals surface area contributed by atoms with Crippen molar-refractivity contribution in [2.75, 3.05) is 11.6 Å². The Kier molecular flexibility index (Phi) is 5.68. The van der Waals surface area contributed by atoms with Crippen molar-refractivity contribution in [3.8, 4) is 0 Å². The molecule has 23 heavy (non-hydrogen) atoms. The molecular formula is C15H22N4O3S. The van der Waals surface area contributed by atoms with Crippen molar-refractivity contribution in [1.29, 1.82) is 0 Å². The first-order valence-corrected chi connectivity index (χ1v) is 8.29. The quantitative estimate of drug-likeness (QED) is 0.450. The van der Waals surface area contributed by atoms with E-state index >= 15 is 0 Å². The number of nitrogens with zero attached hydrogens (tertiary/aromatic N) is 2. The molecule has 0 saturated heterocycles. The van der Waals surface area contributed by atoms with E-state index in [2.05, 4.69) is 4.98 Å². The van der Waals surface area contributed by atoms with Gasteiger partial charge < -0.3 is 10.3 Å². The average molecular weight is 338 g/mol. The summed E-state index contributed by atoms with van der Waals surface area (Å²) in [7, 11) is -4.33. The second-order valence-electron chi connectivity index (χ2n) is 5.42. The van der Waals surface area contributed by atoms with Crippen LogP contribution in [-0.4, -0.2) is 18.0 Å². The number of hydrogen-bond acceptors (Lipinski definition) is 6. The fourth-order valence-corrected chi connectivity index (χ4v) is 3.28. The molecule has 4 N–H and O–H groups in total. The first-order chi connectivity index (χ1) is 10.4. The third kappa shape index (κ3) is 4.90. The van der Waals surface area contributed by atoms with E-state index in [0.717, 1.165) is 17.1 Å². The number of aryl methyl sites for hydroxylation is 5. The maximum Gasteiger partial charge on any atom is 0.256 e. The zero-order valence-corrected chi connectivity index (χ0v) is 14.7. The number of rotatable bonds is 1. The molecule has 0 amide bonds. The molecule has 2 aromatic rings. The summed E-state index contributed by atoms with van der Waals surface area (Å²) in [5.41, 5.74) is 8.41. The van der Waals surface area contributed by atoms with Crippen LogP contribution in [0.2, 0.25) is 0 Å². The third-order valence-electron chi connectivity index (χ3n) is 3.18. The average Bonchev–Trinajstić information content (AvgIpc) is 2.33. The SMILES string of the molecule is Cc1cc(C)c(S(=O)(=O)[O-])c(C)c1.Cc1cc(N)[n+](N)c(C)n1. The van der Waals surface area contributed by atoms with Crippen LogP contribution in [-0.2, 0) is 10.1 Å². The number of nitrogen functional groups attached to an aromatic ring is 2. The summed E-state index contributed by atoms with van der Waals surface area (Å²) >= 11 is 0. The molecule has 1 aromatic carbocycles. The third-order valence-corrected chi connectivity index (χ3v) is 4.32. The Morgan fingerprint density at radius 3 is 1.91 bits per heavy atom. The van der Waals surface area contributed by atoms with Crippen LogP contribution in [0.1, 0.15) is 28.2 Å². The fraction of sp³-hybridized carbons (Fsp3) is 0.333. The molecule has 8 heteroatoms.